The summed E-state index contributed by atoms with van der Waals surface area (Å²) in [7, 11) is 1.44. The summed E-state index contributed by atoms with van der Waals surface area (Å²) in [6, 6.07) is 2.55. The van der Waals surface area contributed by atoms with Crippen LogP contribution >= 0.6 is 0 Å². The molecule has 1 rings (SSSR count). The molecule has 5 nitrogen and oxygen atoms in total. The monoisotopic (exact) mass is 282 g/mol. The largest absolute Gasteiger partial charge is 0.444 e. The van der Waals surface area contributed by atoms with E-state index in [1.54, 1.807) is 20.8 Å². The smallest absolute Gasteiger partial charge is 0.411 e. The lowest BCUT2D eigenvalue weighted by Gasteiger charge is -2.34. The van der Waals surface area contributed by atoms with Crippen LogP contribution in [0.2, 0.25) is 0 Å². The molecule has 0 aliphatic rings. The average Bonchev–Trinajstić information content (AvgIpc) is 2.35. The van der Waals surface area contributed by atoms with Crippen LogP contribution in [0.4, 0.5) is 9.18 Å². The van der Waals surface area contributed by atoms with Crippen LogP contribution in [0.1, 0.15) is 33.4 Å². The van der Waals surface area contributed by atoms with E-state index >= 15 is 0 Å². The van der Waals surface area contributed by atoms with Crippen molar-refractivity contribution in [2.45, 2.75) is 38.8 Å². The maximum atomic E-state index is 12.9. The second-order valence-corrected chi connectivity index (χ2v) is 5.67. The Bertz CT molecular complexity index is 496. The van der Waals surface area contributed by atoms with E-state index in [1.807, 2.05) is 0 Å². The van der Waals surface area contributed by atoms with Gasteiger partial charge in [-0.1, -0.05) is 0 Å². The van der Waals surface area contributed by atoms with E-state index in [4.69, 9.17) is 4.74 Å². The second-order valence-electron chi connectivity index (χ2n) is 5.67. The Morgan fingerprint density at radius 2 is 1.95 bits per heavy atom. The standard InChI is InChI=1S/C14H19FN2O3/c1-13(2,3)20-12(19)17(5)14(4,9-18)11-7-6-10(15)8-16-11/h6-9H,1-5H3. The number of aromatic nitrogens is 1. The van der Waals surface area contributed by atoms with Crippen LogP contribution in [0.25, 0.3) is 0 Å². The first kappa shape index (κ1) is 16.1. The van der Waals surface area contributed by atoms with Crippen LogP contribution in [-0.4, -0.2) is 34.9 Å². The van der Waals surface area contributed by atoms with Crippen LogP contribution in [0.3, 0.4) is 0 Å². The highest BCUT2D eigenvalue weighted by Crippen LogP contribution is 2.25. The van der Waals surface area contributed by atoms with E-state index in [-0.39, 0.29) is 5.69 Å². The van der Waals surface area contributed by atoms with Gasteiger partial charge in [-0.2, -0.15) is 0 Å². The maximum absolute atomic E-state index is 12.9. The Kier molecular flexibility index (Phi) is 4.47. The zero-order valence-corrected chi connectivity index (χ0v) is 12.3. The van der Waals surface area contributed by atoms with Gasteiger partial charge in [0.05, 0.1) is 11.9 Å². The van der Waals surface area contributed by atoms with E-state index in [1.165, 1.54) is 26.1 Å². The normalized spacial score (nSPS) is 14.3. The lowest BCUT2D eigenvalue weighted by Crippen LogP contribution is -2.48. The molecule has 0 N–H and O–H groups in total. The summed E-state index contributed by atoms with van der Waals surface area (Å²) >= 11 is 0. The first-order valence-electron chi connectivity index (χ1n) is 6.15. The van der Waals surface area contributed by atoms with Crippen LogP contribution in [0.5, 0.6) is 0 Å². The third-order valence-electron chi connectivity index (χ3n) is 2.84. The molecule has 0 bridgehead atoms. The van der Waals surface area contributed by atoms with E-state index in [0.29, 0.717) is 6.29 Å². The highest BCUT2D eigenvalue weighted by atomic mass is 19.1. The number of aldehydes is 1. The van der Waals surface area contributed by atoms with Gasteiger partial charge < -0.3 is 9.53 Å². The molecule has 1 heterocycles. The van der Waals surface area contributed by atoms with Gasteiger partial charge in [-0.25, -0.2) is 9.18 Å². The molecule has 1 unspecified atom stereocenters. The first-order chi connectivity index (χ1) is 9.10. The number of amides is 1. The van der Waals surface area contributed by atoms with Gasteiger partial charge in [0.2, 0.25) is 0 Å². The molecular weight excluding hydrogens is 263 g/mol. The minimum Gasteiger partial charge on any atom is -0.444 e. The molecule has 0 saturated heterocycles. The van der Waals surface area contributed by atoms with Crippen molar-refractivity contribution in [3.63, 3.8) is 0 Å². The second kappa shape index (κ2) is 5.56. The third-order valence-corrected chi connectivity index (χ3v) is 2.84. The Morgan fingerprint density at radius 3 is 2.35 bits per heavy atom. The van der Waals surface area contributed by atoms with Crippen LogP contribution in [0.15, 0.2) is 18.3 Å². The predicted molar refractivity (Wildman–Crippen MR) is 71.6 cm³/mol. The molecule has 1 amide bonds. The Hall–Kier alpha value is -1.98. The minimum atomic E-state index is -1.32. The van der Waals surface area contributed by atoms with Crippen LogP contribution < -0.4 is 0 Å². The lowest BCUT2D eigenvalue weighted by molar-refractivity contribution is -0.117. The highest BCUT2D eigenvalue weighted by Gasteiger charge is 2.37. The molecule has 0 aliphatic carbocycles. The van der Waals surface area contributed by atoms with Crippen LogP contribution in [-0.2, 0) is 15.1 Å². The molecule has 0 aliphatic heterocycles. The summed E-state index contributed by atoms with van der Waals surface area (Å²) in [5.74, 6) is -0.512. The predicted octanol–water partition coefficient (Wildman–Crippen LogP) is 2.50. The Labute approximate surface area is 117 Å². The molecule has 110 valence electrons. The Morgan fingerprint density at radius 1 is 1.35 bits per heavy atom. The zero-order valence-electron chi connectivity index (χ0n) is 12.3. The van der Waals surface area contributed by atoms with Crippen molar-refractivity contribution in [3.05, 3.63) is 29.8 Å². The molecule has 1 aromatic rings. The van der Waals surface area contributed by atoms with Gasteiger partial charge >= 0.3 is 6.09 Å². The number of likely N-dealkylation sites (N-methyl/N-ethyl adjacent to an activating group) is 1. The molecular formula is C14H19FN2O3. The van der Waals surface area contributed by atoms with Gasteiger partial charge in [0, 0.05) is 7.05 Å². The molecule has 6 heteroatoms. The fourth-order valence-electron chi connectivity index (χ4n) is 1.51. The number of hydrogen-bond acceptors (Lipinski definition) is 4. The van der Waals surface area contributed by atoms with Crippen molar-refractivity contribution in [2.24, 2.45) is 0 Å². The van der Waals surface area contributed by atoms with Crippen molar-refractivity contribution in [1.29, 1.82) is 0 Å². The number of rotatable bonds is 3. The van der Waals surface area contributed by atoms with Gasteiger partial charge in [0.15, 0.2) is 6.29 Å². The van der Waals surface area contributed by atoms with Crippen molar-refractivity contribution in [3.8, 4) is 0 Å². The van der Waals surface area contributed by atoms with E-state index in [9.17, 15) is 14.0 Å². The maximum Gasteiger partial charge on any atom is 0.411 e. The van der Waals surface area contributed by atoms with Gasteiger partial charge in [-0.05, 0) is 39.8 Å². The summed E-state index contributed by atoms with van der Waals surface area (Å²) in [5, 5.41) is 0. The lowest BCUT2D eigenvalue weighted by atomic mass is 9.97. The van der Waals surface area contributed by atoms with Crippen molar-refractivity contribution < 1.29 is 18.7 Å². The van der Waals surface area contributed by atoms with E-state index in [0.717, 1.165) is 11.1 Å². The number of carbonyl (C=O) groups excluding carboxylic acids is 2. The number of carbonyl (C=O) groups is 2. The molecule has 0 aromatic carbocycles. The third kappa shape index (κ3) is 3.53. The van der Waals surface area contributed by atoms with E-state index < -0.39 is 23.1 Å². The van der Waals surface area contributed by atoms with Gasteiger partial charge in [-0.3, -0.25) is 9.88 Å². The molecule has 0 saturated carbocycles. The number of halogens is 1. The van der Waals surface area contributed by atoms with Crippen molar-refractivity contribution in [1.82, 2.24) is 9.88 Å². The molecule has 0 radical (unpaired) electrons. The summed E-state index contributed by atoms with van der Waals surface area (Å²) in [6.07, 6.45) is 0.926. The molecule has 1 aromatic heterocycles. The fraction of sp³-hybridized carbons (Fsp3) is 0.500. The van der Waals surface area contributed by atoms with Gasteiger partial charge in [-0.15, -0.1) is 0 Å². The molecule has 1 atom stereocenters. The summed E-state index contributed by atoms with van der Waals surface area (Å²) in [6.45, 7) is 6.71. The highest BCUT2D eigenvalue weighted by molar-refractivity contribution is 5.77. The fourth-order valence-corrected chi connectivity index (χ4v) is 1.51. The van der Waals surface area contributed by atoms with Crippen molar-refractivity contribution in [2.75, 3.05) is 7.05 Å². The first-order valence-corrected chi connectivity index (χ1v) is 6.15. The molecule has 0 spiro atoms. The van der Waals surface area contributed by atoms with Gasteiger partial charge in [0.25, 0.3) is 0 Å². The van der Waals surface area contributed by atoms with E-state index in [2.05, 4.69) is 4.98 Å². The number of pyridine rings is 1. The summed E-state index contributed by atoms with van der Waals surface area (Å²) in [4.78, 5) is 28.5. The average molecular weight is 282 g/mol. The topological polar surface area (TPSA) is 59.5 Å². The summed E-state index contributed by atoms with van der Waals surface area (Å²) in [5.41, 5.74) is -1.73. The zero-order chi connectivity index (χ0) is 15.6. The number of hydrogen-bond donors (Lipinski definition) is 0. The SMILES string of the molecule is CN(C(=O)OC(C)(C)C)C(C)(C=O)c1ccc(F)cn1. The number of nitrogens with zero attached hydrogens (tertiary/aromatic N) is 2. The molecule has 20 heavy (non-hydrogen) atoms. The summed E-state index contributed by atoms with van der Waals surface area (Å²) < 4.78 is 18.1. The minimum absolute atomic E-state index is 0.266. The molecule has 0 fully saturated rings. The quantitative estimate of drug-likeness (QED) is 0.799. The Balaban J connectivity index is 3.07. The van der Waals surface area contributed by atoms with Crippen molar-refractivity contribution >= 4 is 12.4 Å². The van der Waals surface area contributed by atoms with Crippen LogP contribution in [0, 0.1) is 5.82 Å². The van der Waals surface area contributed by atoms with Gasteiger partial charge in [0.1, 0.15) is 17.0 Å². The number of ether oxygens (including phenoxy) is 1.